The Hall–Kier alpha value is -2.28. The van der Waals surface area contributed by atoms with E-state index in [4.69, 9.17) is 4.74 Å². The molecule has 2 fully saturated rings. The first-order chi connectivity index (χ1) is 12.3. The summed E-state index contributed by atoms with van der Waals surface area (Å²) in [6, 6.07) is 1.55. The van der Waals surface area contributed by atoms with E-state index < -0.39 is 0 Å². The lowest BCUT2D eigenvalue weighted by molar-refractivity contribution is 0.182. The molecule has 2 aromatic rings. The summed E-state index contributed by atoms with van der Waals surface area (Å²) in [7, 11) is 0. The summed E-state index contributed by atoms with van der Waals surface area (Å²) < 4.78 is 7.22. The molecule has 1 saturated carbocycles. The van der Waals surface area contributed by atoms with Gasteiger partial charge in [0.15, 0.2) is 0 Å². The van der Waals surface area contributed by atoms with Gasteiger partial charge in [-0.25, -0.2) is 14.6 Å². The molecule has 0 bridgehead atoms. The molecule has 25 heavy (non-hydrogen) atoms. The smallest absolute Gasteiger partial charge is 0.267 e. The molecule has 1 saturated heterocycles. The molecule has 2 aliphatic carbocycles. The largest absolute Gasteiger partial charge is 0.377 e. The third kappa shape index (κ3) is 2.82. The van der Waals surface area contributed by atoms with Gasteiger partial charge in [-0.15, -0.1) is 0 Å². The molecule has 0 radical (unpaired) electrons. The summed E-state index contributed by atoms with van der Waals surface area (Å²) in [5.74, 6) is 1.23. The second kappa shape index (κ2) is 5.91. The van der Waals surface area contributed by atoms with Crippen molar-refractivity contribution in [2.24, 2.45) is 0 Å². The van der Waals surface area contributed by atoms with Crippen LogP contribution in [0.3, 0.4) is 0 Å². The van der Waals surface area contributed by atoms with Crippen LogP contribution in [0.1, 0.15) is 48.0 Å². The number of rotatable bonds is 4. The van der Waals surface area contributed by atoms with Crippen LogP contribution in [0.15, 0.2) is 23.3 Å². The fourth-order valence-corrected chi connectivity index (χ4v) is 3.78. The van der Waals surface area contributed by atoms with Gasteiger partial charge in [-0.05, 0) is 49.1 Å². The average Bonchev–Trinajstić information content (AvgIpc) is 3.21. The van der Waals surface area contributed by atoms with Gasteiger partial charge in [0, 0.05) is 18.5 Å². The first-order valence-electron chi connectivity index (χ1n) is 9.06. The standard InChI is InChI=1S/C18H21N5O2/c24-17-6-12-2-1-3-14(12)22-23(17)16-10-25-9-15(16)21-18-19-7-13(8-20-18)11-4-5-11/h6-8,11,15-16H,1-5,9-10H2,(H,19,20,21). The Morgan fingerprint density at radius 3 is 2.80 bits per heavy atom. The molecule has 130 valence electrons. The molecule has 2 atom stereocenters. The van der Waals surface area contributed by atoms with Crippen LogP contribution in [0.4, 0.5) is 5.95 Å². The van der Waals surface area contributed by atoms with Gasteiger partial charge in [0.2, 0.25) is 5.95 Å². The number of hydrogen-bond donors (Lipinski definition) is 1. The fraction of sp³-hybridized carbons (Fsp3) is 0.556. The van der Waals surface area contributed by atoms with Crippen LogP contribution >= 0.6 is 0 Å². The molecule has 3 aliphatic rings. The summed E-state index contributed by atoms with van der Waals surface area (Å²) in [5, 5.41) is 7.94. The summed E-state index contributed by atoms with van der Waals surface area (Å²) in [6.45, 7) is 0.993. The van der Waals surface area contributed by atoms with Gasteiger partial charge in [0.25, 0.3) is 5.56 Å². The van der Waals surface area contributed by atoms with Crippen molar-refractivity contribution in [3.63, 3.8) is 0 Å². The monoisotopic (exact) mass is 339 g/mol. The molecule has 0 amide bonds. The van der Waals surface area contributed by atoms with E-state index in [-0.39, 0.29) is 17.6 Å². The summed E-state index contributed by atoms with van der Waals surface area (Å²) in [4.78, 5) is 21.3. The molecule has 1 aliphatic heterocycles. The minimum atomic E-state index is -0.134. The Bertz CT molecular complexity index is 844. The van der Waals surface area contributed by atoms with E-state index in [1.54, 1.807) is 10.7 Å². The third-order valence-electron chi connectivity index (χ3n) is 5.38. The van der Waals surface area contributed by atoms with Gasteiger partial charge in [0.05, 0.1) is 24.9 Å². The van der Waals surface area contributed by atoms with Crippen LogP contribution < -0.4 is 10.9 Å². The van der Waals surface area contributed by atoms with Crippen LogP contribution in [-0.2, 0) is 17.6 Å². The van der Waals surface area contributed by atoms with E-state index in [0.717, 1.165) is 30.5 Å². The van der Waals surface area contributed by atoms with E-state index in [2.05, 4.69) is 20.4 Å². The maximum absolute atomic E-state index is 12.5. The van der Waals surface area contributed by atoms with E-state index >= 15 is 0 Å². The third-order valence-corrected chi connectivity index (χ3v) is 5.38. The van der Waals surface area contributed by atoms with Crippen molar-refractivity contribution in [1.82, 2.24) is 19.7 Å². The highest BCUT2D eigenvalue weighted by molar-refractivity contribution is 5.30. The molecule has 7 nitrogen and oxygen atoms in total. The second-order valence-corrected chi connectivity index (χ2v) is 7.22. The number of fused-ring (bicyclic) bond motifs is 1. The maximum Gasteiger partial charge on any atom is 0.267 e. The predicted molar refractivity (Wildman–Crippen MR) is 91.8 cm³/mol. The molecule has 5 rings (SSSR count). The van der Waals surface area contributed by atoms with Crippen molar-refractivity contribution in [1.29, 1.82) is 0 Å². The Kier molecular flexibility index (Phi) is 3.55. The van der Waals surface area contributed by atoms with E-state index in [1.807, 2.05) is 12.4 Å². The zero-order chi connectivity index (χ0) is 16.8. The lowest BCUT2D eigenvalue weighted by Gasteiger charge is -2.20. The number of anilines is 1. The van der Waals surface area contributed by atoms with Crippen LogP contribution in [-0.4, -0.2) is 39.0 Å². The molecule has 3 heterocycles. The number of aromatic nitrogens is 4. The van der Waals surface area contributed by atoms with Gasteiger partial charge in [0.1, 0.15) is 6.04 Å². The first kappa shape index (κ1) is 15.0. The van der Waals surface area contributed by atoms with Crippen LogP contribution in [0, 0.1) is 0 Å². The molecule has 0 spiro atoms. The topological polar surface area (TPSA) is 81.9 Å². The fourth-order valence-electron chi connectivity index (χ4n) is 3.78. The van der Waals surface area contributed by atoms with Gasteiger partial charge >= 0.3 is 0 Å². The summed E-state index contributed by atoms with van der Waals surface area (Å²) in [5.41, 5.74) is 3.31. The number of nitrogens with zero attached hydrogens (tertiary/aromatic N) is 4. The number of nitrogens with one attached hydrogen (secondary N) is 1. The highest BCUT2D eigenvalue weighted by atomic mass is 16.5. The zero-order valence-electron chi connectivity index (χ0n) is 14.0. The molecular formula is C18H21N5O2. The molecule has 7 heteroatoms. The van der Waals surface area contributed by atoms with Crippen molar-refractivity contribution < 1.29 is 4.74 Å². The highest BCUT2D eigenvalue weighted by Gasteiger charge is 2.33. The quantitative estimate of drug-likeness (QED) is 0.908. The van der Waals surface area contributed by atoms with Gasteiger partial charge < -0.3 is 10.1 Å². The zero-order valence-corrected chi connectivity index (χ0v) is 14.0. The summed E-state index contributed by atoms with van der Waals surface area (Å²) in [6.07, 6.45) is 9.27. The maximum atomic E-state index is 12.5. The van der Waals surface area contributed by atoms with Crippen molar-refractivity contribution >= 4 is 5.95 Å². The highest BCUT2D eigenvalue weighted by Crippen LogP contribution is 2.39. The second-order valence-electron chi connectivity index (χ2n) is 7.22. The number of hydrogen-bond acceptors (Lipinski definition) is 6. The Morgan fingerprint density at radius 2 is 2.00 bits per heavy atom. The van der Waals surface area contributed by atoms with Crippen LogP contribution in [0.5, 0.6) is 0 Å². The Morgan fingerprint density at radius 1 is 1.16 bits per heavy atom. The molecule has 2 unspecified atom stereocenters. The molecule has 2 aromatic heterocycles. The minimum Gasteiger partial charge on any atom is -0.377 e. The molecular weight excluding hydrogens is 318 g/mol. The normalized spacial score (nSPS) is 25.1. The van der Waals surface area contributed by atoms with E-state index in [1.165, 1.54) is 18.4 Å². The minimum absolute atomic E-state index is 0.0482. The predicted octanol–water partition coefficient (Wildman–Crippen LogP) is 1.45. The van der Waals surface area contributed by atoms with E-state index in [9.17, 15) is 4.79 Å². The number of aryl methyl sites for hydroxylation is 2. The number of ether oxygens (including phenoxy) is 1. The van der Waals surface area contributed by atoms with Crippen molar-refractivity contribution in [3.8, 4) is 0 Å². The van der Waals surface area contributed by atoms with Crippen molar-refractivity contribution in [3.05, 3.63) is 45.6 Å². The van der Waals surface area contributed by atoms with Crippen molar-refractivity contribution in [2.75, 3.05) is 18.5 Å². The van der Waals surface area contributed by atoms with Crippen molar-refractivity contribution in [2.45, 2.75) is 50.1 Å². The lowest BCUT2D eigenvalue weighted by Crippen LogP contribution is -2.38. The van der Waals surface area contributed by atoms with E-state index in [0.29, 0.717) is 25.1 Å². The van der Waals surface area contributed by atoms with Crippen LogP contribution in [0.2, 0.25) is 0 Å². The van der Waals surface area contributed by atoms with Crippen LogP contribution in [0.25, 0.3) is 0 Å². The summed E-state index contributed by atoms with van der Waals surface area (Å²) >= 11 is 0. The molecule has 0 aromatic carbocycles. The lowest BCUT2D eigenvalue weighted by atomic mass is 10.1. The Balaban J connectivity index is 1.37. The first-order valence-corrected chi connectivity index (χ1v) is 9.06. The van der Waals surface area contributed by atoms with Gasteiger partial charge in [-0.2, -0.15) is 5.10 Å². The van der Waals surface area contributed by atoms with Gasteiger partial charge in [-0.1, -0.05) is 0 Å². The SMILES string of the molecule is O=c1cc2c(nn1C1COCC1Nc1ncc(C3CC3)cn1)CCC2. The average molecular weight is 339 g/mol. The Labute approximate surface area is 145 Å². The van der Waals surface area contributed by atoms with Gasteiger partial charge in [-0.3, -0.25) is 4.79 Å². The molecule has 1 N–H and O–H groups in total.